The van der Waals surface area contributed by atoms with E-state index < -0.39 is 35.9 Å². The minimum atomic E-state index is -1.26. The predicted octanol–water partition coefficient (Wildman–Crippen LogP) is 2.97. The first-order chi connectivity index (χ1) is 13.5. The van der Waals surface area contributed by atoms with E-state index in [0.717, 1.165) is 16.0 Å². The number of hydrogen-bond acceptors (Lipinski definition) is 4. The zero-order chi connectivity index (χ0) is 20.1. The van der Waals surface area contributed by atoms with Crippen LogP contribution >= 0.6 is 0 Å². The molecule has 0 spiro atoms. The predicted molar refractivity (Wildman–Crippen MR) is 99.7 cm³/mol. The third-order valence-electron chi connectivity index (χ3n) is 4.98. The standard InChI is InChI=1S/C21H21NO6/c23-18(24)11-16-17(15-9-5-2-6-10-15)12-22(19(16)20(25)26)21(27)28-13-14-7-3-1-4-8-14/h1-10,16-17,19H,11-13H2,(H,23,24)(H,25,26)/t16-,17+,19+/m0/s1. The highest BCUT2D eigenvalue weighted by molar-refractivity contribution is 5.82. The number of carbonyl (C=O) groups is 3. The van der Waals surface area contributed by atoms with Crippen LogP contribution in [0, 0.1) is 5.92 Å². The second-order valence-corrected chi connectivity index (χ2v) is 6.75. The van der Waals surface area contributed by atoms with E-state index in [1.807, 2.05) is 36.4 Å². The number of aliphatic carboxylic acids is 2. The van der Waals surface area contributed by atoms with Gasteiger partial charge in [0.1, 0.15) is 12.6 Å². The van der Waals surface area contributed by atoms with E-state index in [-0.39, 0.29) is 19.6 Å². The molecular weight excluding hydrogens is 362 g/mol. The Bertz CT molecular complexity index is 838. The molecule has 0 aromatic heterocycles. The average molecular weight is 383 g/mol. The van der Waals surface area contributed by atoms with Gasteiger partial charge in [0.2, 0.25) is 0 Å². The molecule has 2 N–H and O–H groups in total. The van der Waals surface area contributed by atoms with Crippen LogP contribution in [0.3, 0.4) is 0 Å². The fourth-order valence-corrected chi connectivity index (χ4v) is 3.73. The van der Waals surface area contributed by atoms with E-state index >= 15 is 0 Å². The largest absolute Gasteiger partial charge is 0.481 e. The van der Waals surface area contributed by atoms with Gasteiger partial charge in [0.05, 0.1) is 6.42 Å². The first-order valence-electron chi connectivity index (χ1n) is 8.94. The fourth-order valence-electron chi connectivity index (χ4n) is 3.73. The van der Waals surface area contributed by atoms with E-state index in [9.17, 15) is 24.6 Å². The molecule has 3 rings (SSSR count). The Hall–Kier alpha value is -3.35. The van der Waals surface area contributed by atoms with Crippen molar-refractivity contribution in [2.45, 2.75) is 25.0 Å². The monoisotopic (exact) mass is 383 g/mol. The number of hydrogen-bond donors (Lipinski definition) is 2. The summed E-state index contributed by atoms with van der Waals surface area (Å²) in [4.78, 5) is 37.0. The van der Waals surface area contributed by atoms with Gasteiger partial charge in [0, 0.05) is 18.4 Å². The van der Waals surface area contributed by atoms with E-state index in [1.54, 1.807) is 24.3 Å². The number of nitrogens with zero attached hydrogens (tertiary/aromatic N) is 1. The first-order valence-corrected chi connectivity index (χ1v) is 8.94. The van der Waals surface area contributed by atoms with Gasteiger partial charge in [-0.15, -0.1) is 0 Å². The number of amides is 1. The molecule has 2 aromatic carbocycles. The number of ether oxygens (including phenoxy) is 1. The number of rotatable bonds is 6. The Labute approximate surface area is 162 Å². The molecule has 1 fully saturated rings. The van der Waals surface area contributed by atoms with Crippen molar-refractivity contribution in [1.82, 2.24) is 4.90 Å². The topological polar surface area (TPSA) is 104 Å². The Balaban J connectivity index is 1.83. The van der Waals surface area contributed by atoms with Crippen LogP contribution in [-0.2, 0) is 20.9 Å². The molecule has 3 atom stereocenters. The molecule has 7 nitrogen and oxygen atoms in total. The maximum atomic E-state index is 12.6. The van der Waals surface area contributed by atoms with Crippen molar-refractivity contribution in [1.29, 1.82) is 0 Å². The van der Waals surface area contributed by atoms with E-state index in [2.05, 4.69) is 0 Å². The van der Waals surface area contributed by atoms with Crippen LogP contribution in [0.2, 0.25) is 0 Å². The molecule has 1 aliphatic heterocycles. The van der Waals surface area contributed by atoms with Crippen LogP contribution in [0.15, 0.2) is 60.7 Å². The molecule has 0 radical (unpaired) electrons. The van der Waals surface area contributed by atoms with Gasteiger partial charge in [-0.05, 0) is 11.1 Å². The van der Waals surface area contributed by atoms with Crippen molar-refractivity contribution in [2.24, 2.45) is 5.92 Å². The van der Waals surface area contributed by atoms with Gasteiger partial charge < -0.3 is 14.9 Å². The Morgan fingerprint density at radius 1 is 0.964 bits per heavy atom. The molecule has 1 aliphatic rings. The third-order valence-corrected chi connectivity index (χ3v) is 4.98. The van der Waals surface area contributed by atoms with Crippen LogP contribution in [0.1, 0.15) is 23.5 Å². The maximum absolute atomic E-state index is 12.6. The van der Waals surface area contributed by atoms with Crippen molar-refractivity contribution in [3.8, 4) is 0 Å². The van der Waals surface area contributed by atoms with Gasteiger partial charge in [-0.25, -0.2) is 9.59 Å². The second kappa shape index (κ2) is 8.56. The number of benzene rings is 2. The summed E-state index contributed by atoms with van der Waals surface area (Å²) in [7, 11) is 0. The lowest BCUT2D eigenvalue weighted by atomic mass is 9.83. The molecule has 0 bridgehead atoms. The molecule has 146 valence electrons. The van der Waals surface area contributed by atoms with Gasteiger partial charge in [-0.1, -0.05) is 60.7 Å². The van der Waals surface area contributed by atoms with Crippen LogP contribution in [0.5, 0.6) is 0 Å². The lowest BCUT2D eigenvalue weighted by molar-refractivity contribution is -0.144. The highest BCUT2D eigenvalue weighted by Crippen LogP contribution is 2.40. The smallest absolute Gasteiger partial charge is 0.410 e. The lowest BCUT2D eigenvalue weighted by Crippen LogP contribution is -2.44. The second-order valence-electron chi connectivity index (χ2n) is 6.75. The molecule has 1 saturated heterocycles. The molecule has 28 heavy (non-hydrogen) atoms. The molecule has 2 aromatic rings. The number of carbonyl (C=O) groups excluding carboxylic acids is 1. The lowest BCUT2D eigenvalue weighted by Gasteiger charge is -2.23. The first kappa shape index (κ1) is 19.4. The van der Waals surface area contributed by atoms with Crippen LogP contribution in [-0.4, -0.2) is 45.7 Å². The average Bonchev–Trinajstić information content (AvgIpc) is 3.06. The summed E-state index contributed by atoms with van der Waals surface area (Å²) < 4.78 is 5.31. The summed E-state index contributed by atoms with van der Waals surface area (Å²) in [6, 6.07) is 16.9. The Morgan fingerprint density at radius 2 is 1.57 bits per heavy atom. The third kappa shape index (κ3) is 4.31. The van der Waals surface area contributed by atoms with Crippen molar-refractivity contribution >= 4 is 18.0 Å². The number of likely N-dealkylation sites (tertiary alicyclic amines) is 1. The zero-order valence-corrected chi connectivity index (χ0v) is 15.1. The molecule has 1 heterocycles. The van der Waals surface area contributed by atoms with Crippen molar-refractivity contribution in [3.05, 3.63) is 71.8 Å². The molecule has 7 heteroatoms. The van der Waals surface area contributed by atoms with Crippen LogP contribution < -0.4 is 0 Å². The van der Waals surface area contributed by atoms with E-state index in [1.165, 1.54) is 0 Å². The summed E-state index contributed by atoms with van der Waals surface area (Å²) >= 11 is 0. The van der Waals surface area contributed by atoms with Crippen molar-refractivity contribution in [3.63, 3.8) is 0 Å². The molecular formula is C21H21NO6. The summed E-state index contributed by atoms with van der Waals surface area (Å²) in [5.41, 5.74) is 1.59. The number of carboxylic acids is 2. The quantitative estimate of drug-likeness (QED) is 0.795. The molecule has 0 unspecified atom stereocenters. The van der Waals surface area contributed by atoms with E-state index in [0.29, 0.717) is 0 Å². The summed E-state index contributed by atoms with van der Waals surface area (Å²) in [6.07, 6.45) is -1.11. The van der Waals surface area contributed by atoms with Gasteiger partial charge in [-0.2, -0.15) is 0 Å². The minimum absolute atomic E-state index is 0.0160. The zero-order valence-electron chi connectivity index (χ0n) is 15.1. The fraction of sp³-hybridized carbons (Fsp3) is 0.286. The van der Waals surface area contributed by atoms with Crippen molar-refractivity contribution in [2.75, 3.05) is 6.54 Å². The normalized spacial score (nSPS) is 21.3. The summed E-state index contributed by atoms with van der Waals surface area (Å²) in [6.45, 7) is 0.106. The molecule has 1 amide bonds. The Morgan fingerprint density at radius 3 is 2.14 bits per heavy atom. The SMILES string of the molecule is O=C(O)C[C@H]1[C@@H](c2ccccc2)CN(C(=O)OCc2ccccc2)[C@H]1C(=O)O. The summed E-state index contributed by atoms with van der Waals surface area (Å²) in [5.74, 6) is -3.48. The van der Waals surface area contributed by atoms with Gasteiger partial charge in [0.15, 0.2) is 0 Å². The van der Waals surface area contributed by atoms with Gasteiger partial charge in [0.25, 0.3) is 0 Å². The molecule has 0 aliphatic carbocycles. The minimum Gasteiger partial charge on any atom is -0.481 e. The van der Waals surface area contributed by atoms with Crippen LogP contribution in [0.4, 0.5) is 4.79 Å². The highest BCUT2D eigenvalue weighted by atomic mass is 16.6. The van der Waals surface area contributed by atoms with Crippen LogP contribution in [0.25, 0.3) is 0 Å². The van der Waals surface area contributed by atoms with E-state index in [4.69, 9.17) is 4.74 Å². The summed E-state index contributed by atoms with van der Waals surface area (Å²) in [5, 5.41) is 19.0. The van der Waals surface area contributed by atoms with Crippen molar-refractivity contribution < 1.29 is 29.3 Å². The highest BCUT2D eigenvalue weighted by Gasteiger charge is 2.49. The Kier molecular flexibility index (Phi) is 5.93. The van der Waals surface area contributed by atoms with Gasteiger partial charge >= 0.3 is 18.0 Å². The maximum Gasteiger partial charge on any atom is 0.410 e. The number of carboxylic acid groups (broad SMARTS) is 2. The molecule has 0 saturated carbocycles. The van der Waals surface area contributed by atoms with Gasteiger partial charge in [-0.3, -0.25) is 9.69 Å².